The molecule has 1 unspecified atom stereocenters. The van der Waals surface area contributed by atoms with Crippen LogP contribution >= 0.6 is 24.0 Å². The predicted molar refractivity (Wildman–Crippen MR) is 100 cm³/mol. The molecule has 4 nitrogen and oxygen atoms in total. The van der Waals surface area contributed by atoms with Crippen LogP contribution in [0, 0.1) is 6.92 Å². The first-order valence-electron chi connectivity index (χ1n) is 7.87. The minimum absolute atomic E-state index is 0. The first kappa shape index (κ1) is 19.0. The number of methoxy groups -OCH3 is 1. The van der Waals surface area contributed by atoms with Crippen molar-refractivity contribution in [2.45, 2.75) is 19.5 Å². The smallest absolute Gasteiger partial charge is 0.122 e. The van der Waals surface area contributed by atoms with Gasteiger partial charge in [0.25, 0.3) is 0 Å². The first-order valence-corrected chi connectivity index (χ1v) is 8.25. The highest BCUT2D eigenvalue weighted by Crippen LogP contribution is 2.26. The van der Waals surface area contributed by atoms with Crippen LogP contribution in [0.4, 0.5) is 0 Å². The molecule has 24 heavy (non-hydrogen) atoms. The molecule has 1 atom stereocenters. The van der Waals surface area contributed by atoms with E-state index in [1.165, 1.54) is 5.56 Å². The fourth-order valence-corrected chi connectivity index (χ4v) is 3.29. The molecule has 1 aromatic carbocycles. The van der Waals surface area contributed by atoms with Crippen molar-refractivity contribution >= 4 is 24.0 Å². The van der Waals surface area contributed by atoms with E-state index in [4.69, 9.17) is 16.3 Å². The van der Waals surface area contributed by atoms with E-state index < -0.39 is 0 Å². The Bertz CT molecular complexity index is 681. The van der Waals surface area contributed by atoms with Crippen molar-refractivity contribution < 1.29 is 4.74 Å². The highest BCUT2D eigenvalue weighted by atomic mass is 35.5. The van der Waals surface area contributed by atoms with Gasteiger partial charge in [-0.15, -0.1) is 12.4 Å². The van der Waals surface area contributed by atoms with E-state index in [0.717, 1.165) is 48.3 Å². The van der Waals surface area contributed by atoms with Gasteiger partial charge in [-0.25, -0.2) is 0 Å². The van der Waals surface area contributed by atoms with Crippen LogP contribution in [0.5, 0.6) is 5.75 Å². The van der Waals surface area contributed by atoms with Gasteiger partial charge in [0.05, 0.1) is 12.8 Å². The van der Waals surface area contributed by atoms with Crippen molar-refractivity contribution in [3.63, 3.8) is 0 Å². The molecule has 2 heterocycles. The highest BCUT2D eigenvalue weighted by Gasteiger charge is 2.24. The Balaban J connectivity index is 0.00000208. The number of piperazine rings is 1. The van der Waals surface area contributed by atoms with Crippen molar-refractivity contribution in [2.24, 2.45) is 0 Å². The minimum atomic E-state index is 0. The zero-order valence-corrected chi connectivity index (χ0v) is 15.5. The van der Waals surface area contributed by atoms with Gasteiger partial charge in [0.2, 0.25) is 0 Å². The Hall–Kier alpha value is -1.33. The summed E-state index contributed by atoms with van der Waals surface area (Å²) in [6.07, 6.45) is 0. The van der Waals surface area contributed by atoms with Gasteiger partial charge >= 0.3 is 0 Å². The number of pyridine rings is 1. The highest BCUT2D eigenvalue weighted by molar-refractivity contribution is 6.30. The number of nitrogens with zero attached hydrogens (tertiary/aromatic N) is 2. The lowest BCUT2D eigenvalue weighted by molar-refractivity contribution is 0.151. The summed E-state index contributed by atoms with van der Waals surface area (Å²) in [5.41, 5.74) is 3.26. The average molecular weight is 368 g/mol. The summed E-state index contributed by atoms with van der Waals surface area (Å²) < 4.78 is 5.36. The molecule has 0 amide bonds. The maximum absolute atomic E-state index is 6.16. The second-order valence-corrected chi connectivity index (χ2v) is 6.32. The zero-order chi connectivity index (χ0) is 16.2. The second-order valence-electron chi connectivity index (χ2n) is 5.89. The van der Waals surface area contributed by atoms with Crippen LogP contribution in [0.1, 0.15) is 23.0 Å². The van der Waals surface area contributed by atoms with E-state index in [9.17, 15) is 0 Å². The van der Waals surface area contributed by atoms with Gasteiger partial charge in [-0.3, -0.25) is 9.88 Å². The van der Waals surface area contributed by atoms with Gasteiger partial charge in [0.15, 0.2) is 0 Å². The van der Waals surface area contributed by atoms with Crippen LogP contribution in [0.15, 0.2) is 36.4 Å². The van der Waals surface area contributed by atoms with E-state index in [1.54, 1.807) is 7.11 Å². The van der Waals surface area contributed by atoms with Gasteiger partial charge in [0, 0.05) is 55.1 Å². The molecule has 1 N–H and O–H groups in total. The quantitative estimate of drug-likeness (QED) is 0.895. The van der Waals surface area contributed by atoms with Crippen molar-refractivity contribution in [3.8, 4) is 5.75 Å². The lowest BCUT2D eigenvalue weighted by Gasteiger charge is -2.36. The summed E-state index contributed by atoms with van der Waals surface area (Å²) in [6.45, 7) is 5.69. The monoisotopic (exact) mass is 367 g/mol. The van der Waals surface area contributed by atoms with Crippen LogP contribution in [-0.4, -0.2) is 36.6 Å². The summed E-state index contributed by atoms with van der Waals surface area (Å²) in [5, 5.41) is 4.25. The Morgan fingerprint density at radius 3 is 2.92 bits per heavy atom. The minimum Gasteiger partial charge on any atom is -0.497 e. The molecule has 6 heteroatoms. The number of rotatable bonds is 4. The van der Waals surface area contributed by atoms with Crippen LogP contribution in [0.3, 0.4) is 0 Å². The molecule has 0 aliphatic carbocycles. The number of ether oxygens (including phenoxy) is 1. The molecule has 0 saturated carbocycles. The van der Waals surface area contributed by atoms with Crippen LogP contribution in [-0.2, 0) is 6.54 Å². The SMILES string of the molecule is COc1cc(C)nc(CN2CCNCC2c2cccc(Cl)c2)c1.Cl. The third-order valence-corrected chi connectivity index (χ3v) is 4.40. The summed E-state index contributed by atoms with van der Waals surface area (Å²) >= 11 is 6.16. The molecule has 1 aliphatic rings. The summed E-state index contributed by atoms with van der Waals surface area (Å²) in [4.78, 5) is 7.10. The molecule has 3 rings (SSSR count). The Kier molecular flexibility index (Phi) is 6.87. The molecule has 1 aromatic heterocycles. The fraction of sp³-hybridized carbons (Fsp3) is 0.389. The second kappa shape index (κ2) is 8.67. The number of halogens is 2. The average Bonchev–Trinajstić information content (AvgIpc) is 2.55. The van der Waals surface area contributed by atoms with Gasteiger partial charge < -0.3 is 10.1 Å². The van der Waals surface area contributed by atoms with E-state index in [0.29, 0.717) is 6.04 Å². The fourth-order valence-electron chi connectivity index (χ4n) is 3.09. The molecule has 1 aliphatic heterocycles. The van der Waals surface area contributed by atoms with Gasteiger partial charge in [0.1, 0.15) is 5.75 Å². The molecule has 1 fully saturated rings. The van der Waals surface area contributed by atoms with Crippen LogP contribution in [0.2, 0.25) is 5.02 Å². The third kappa shape index (κ3) is 4.61. The van der Waals surface area contributed by atoms with E-state index in [1.807, 2.05) is 31.2 Å². The summed E-state index contributed by atoms with van der Waals surface area (Å²) in [5.74, 6) is 0.863. The Labute approximate surface area is 154 Å². The molecule has 0 bridgehead atoms. The number of hydrogen-bond donors (Lipinski definition) is 1. The number of hydrogen-bond acceptors (Lipinski definition) is 4. The van der Waals surface area contributed by atoms with Gasteiger partial charge in [-0.2, -0.15) is 0 Å². The molecular formula is C18H23Cl2N3O. The number of aromatic nitrogens is 1. The summed E-state index contributed by atoms with van der Waals surface area (Å²) in [7, 11) is 1.69. The van der Waals surface area contributed by atoms with E-state index in [2.05, 4.69) is 27.3 Å². The van der Waals surface area contributed by atoms with E-state index >= 15 is 0 Å². The Morgan fingerprint density at radius 2 is 2.17 bits per heavy atom. The van der Waals surface area contributed by atoms with Crippen molar-refractivity contribution in [1.29, 1.82) is 0 Å². The van der Waals surface area contributed by atoms with Crippen molar-refractivity contribution in [2.75, 3.05) is 26.7 Å². The largest absolute Gasteiger partial charge is 0.497 e. The molecule has 130 valence electrons. The predicted octanol–water partition coefficient (Wildman–Crippen LogP) is 3.62. The number of aryl methyl sites for hydroxylation is 1. The Morgan fingerprint density at radius 1 is 1.33 bits per heavy atom. The molecular weight excluding hydrogens is 345 g/mol. The molecule has 2 aromatic rings. The normalized spacial score (nSPS) is 18.0. The number of benzene rings is 1. The lowest BCUT2D eigenvalue weighted by Crippen LogP contribution is -2.45. The molecule has 1 saturated heterocycles. The van der Waals surface area contributed by atoms with Crippen LogP contribution < -0.4 is 10.1 Å². The maximum Gasteiger partial charge on any atom is 0.122 e. The molecule has 0 spiro atoms. The van der Waals surface area contributed by atoms with Crippen molar-refractivity contribution in [1.82, 2.24) is 15.2 Å². The molecule has 0 radical (unpaired) electrons. The van der Waals surface area contributed by atoms with Crippen LogP contribution in [0.25, 0.3) is 0 Å². The third-order valence-electron chi connectivity index (χ3n) is 4.17. The van der Waals surface area contributed by atoms with Crippen molar-refractivity contribution in [3.05, 3.63) is 58.4 Å². The van der Waals surface area contributed by atoms with E-state index in [-0.39, 0.29) is 12.4 Å². The zero-order valence-electron chi connectivity index (χ0n) is 14.0. The lowest BCUT2D eigenvalue weighted by atomic mass is 10.0. The standard InChI is InChI=1S/C18H22ClN3O.ClH/c1-13-8-17(23-2)10-16(21-13)12-22-7-6-20-11-18(22)14-4-3-5-15(19)9-14;/h3-5,8-10,18,20H,6-7,11-12H2,1-2H3;1H. The first-order chi connectivity index (χ1) is 11.2. The summed E-state index contributed by atoms with van der Waals surface area (Å²) in [6, 6.07) is 12.4. The van der Waals surface area contributed by atoms with Gasteiger partial charge in [-0.1, -0.05) is 23.7 Å². The number of nitrogens with one attached hydrogen (secondary N) is 1. The topological polar surface area (TPSA) is 37.4 Å². The maximum atomic E-state index is 6.16. The van der Waals surface area contributed by atoms with Gasteiger partial charge in [-0.05, 0) is 24.6 Å².